The summed E-state index contributed by atoms with van der Waals surface area (Å²) < 4.78 is 5.92. The predicted molar refractivity (Wildman–Crippen MR) is 118 cm³/mol. The van der Waals surface area contributed by atoms with E-state index in [1.807, 2.05) is 52.7 Å². The first-order valence-corrected chi connectivity index (χ1v) is 10.8. The van der Waals surface area contributed by atoms with Crippen LogP contribution in [-0.4, -0.2) is 21.8 Å². The summed E-state index contributed by atoms with van der Waals surface area (Å²) in [5.74, 6) is 0.903. The number of carbonyl (C=O) groups is 1. The van der Waals surface area contributed by atoms with Crippen LogP contribution in [-0.2, 0) is 13.2 Å². The van der Waals surface area contributed by atoms with E-state index in [9.17, 15) is 4.79 Å². The average molecular weight is 409 g/mol. The zero-order valence-electron chi connectivity index (χ0n) is 17.5. The summed E-state index contributed by atoms with van der Waals surface area (Å²) >= 11 is 1.57. The lowest BCUT2D eigenvalue weighted by Gasteiger charge is -2.28. The van der Waals surface area contributed by atoms with Crippen LogP contribution in [0.5, 0.6) is 5.75 Å². The normalized spacial score (nSPS) is 11.9. The lowest BCUT2D eigenvalue weighted by Crippen LogP contribution is -2.37. The van der Waals surface area contributed by atoms with Gasteiger partial charge in [0.15, 0.2) is 0 Å². The number of rotatable bonds is 8. The molecule has 5 heteroatoms. The molecule has 1 heterocycles. The van der Waals surface area contributed by atoms with Crippen molar-refractivity contribution in [2.24, 2.45) is 0 Å². The number of amides is 1. The molecule has 1 amide bonds. The molecular weight excluding hydrogens is 380 g/mol. The Morgan fingerprint density at radius 2 is 1.83 bits per heavy atom. The summed E-state index contributed by atoms with van der Waals surface area (Å²) in [5.41, 5.74) is 3.98. The number of hydrogen-bond donors (Lipinski definition) is 0. The minimum atomic E-state index is 0.0426. The van der Waals surface area contributed by atoms with Gasteiger partial charge in [-0.25, -0.2) is 4.98 Å². The van der Waals surface area contributed by atoms with E-state index in [0.29, 0.717) is 18.7 Å². The van der Waals surface area contributed by atoms with Crippen LogP contribution in [0.3, 0.4) is 0 Å². The van der Waals surface area contributed by atoms with Gasteiger partial charge < -0.3 is 9.64 Å². The third kappa shape index (κ3) is 5.67. The molecule has 4 nitrogen and oxygen atoms in total. The van der Waals surface area contributed by atoms with Gasteiger partial charge in [-0.2, -0.15) is 0 Å². The quantitative estimate of drug-likeness (QED) is 0.474. The highest BCUT2D eigenvalue weighted by Gasteiger charge is 2.21. The molecule has 0 saturated carbocycles. The Balaban J connectivity index is 1.68. The van der Waals surface area contributed by atoms with E-state index < -0.39 is 0 Å². The van der Waals surface area contributed by atoms with Crippen molar-refractivity contribution in [3.8, 4) is 5.75 Å². The Hall–Kier alpha value is -2.66. The van der Waals surface area contributed by atoms with Crippen LogP contribution in [0.15, 0.2) is 53.9 Å². The van der Waals surface area contributed by atoms with Crippen LogP contribution < -0.4 is 4.74 Å². The maximum Gasteiger partial charge on any atom is 0.254 e. The Morgan fingerprint density at radius 3 is 2.48 bits per heavy atom. The largest absolute Gasteiger partial charge is 0.486 e. The second-order valence-electron chi connectivity index (χ2n) is 7.40. The van der Waals surface area contributed by atoms with Gasteiger partial charge in [0.1, 0.15) is 17.4 Å². The van der Waals surface area contributed by atoms with Gasteiger partial charge in [-0.15, -0.1) is 11.3 Å². The van der Waals surface area contributed by atoms with Gasteiger partial charge in [-0.1, -0.05) is 31.2 Å². The molecule has 2 aromatic carbocycles. The Kier molecular flexibility index (Phi) is 7.04. The fourth-order valence-electron chi connectivity index (χ4n) is 3.22. The fourth-order valence-corrected chi connectivity index (χ4v) is 3.91. The van der Waals surface area contributed by atoms with Gasteiger partial charge in [0, 0.05) is 17.0 Å². The van der Waals surface area contributed by atoms with Gasteiger partial charge in [-0.3, -0.25) is 4.79 Å². The summed E-state index contributed by atoms with van der Waals surface area (Å²) in [7, 11) is 0. The first-order chi connectivity index (χ1) is 14.0. The summed E-state index contributed by atoms with van der Waals surface area (Å²) in [6.45, 7) is 9.24. The molecule has 0 N–H and O–H groups in total. The molecule has 3 aromatic rings. The number of nitrogens with zero attached hydrogens (tertiary/aromatic N) is 2. The van der Waals surface area contributed by atoms with Gasteiger partial charge in [0.25, 0.3) is 5.91 Å². The smallest absolute Gasteiger partial charge is 0.254 e. The molecule has 0 aliphatic heterocycles. The molecule has 0 unspecified atom stereocenters. The molecule has 152 valence electrons. The minimum Gasteiger partial charge on any atom is -0.486 e. The van der Waals surface area contributed by atoms with E-state index in [2.05, 4.69) is 33.8 Å². The minimum absolute atomic E-state index is 0.0426. The maximum absolute atomic E-state index is 13.0. The molecule has 29 heavy (non-hydrogen) atoms. The second-order valence-corrected chi connectivity index (χ2v) is 8.34. The molecule has 1 aromatic heterocycles. The predicted octanol–water partition coefficient (Wildman–Crippen LogP) is 5.78. The zero-order chi connectivity index (χ0) is 20.8. The number of aromatic nitrogens is 1. The summed E-state index contributed by atoms with van der Waals surface area (Å²) in [6, 6.07) is 15.8. The van der Waals surface area contributed by atoms with Crippen molar-refractivity contribution in [1.29, 1.82) is 0 Å². The number of ether oxygens (including phenoxy) is 1. The van der Waals surface area contributed by atoms with Crippen molar-refractivity contribution >= 4 is 17.2 Å². The monoisotopic (exact) mass is 408 g/mol. The average Bonchev–Trinajstić information content (AvgIpc) is 3.17. The van der Waals surface area contributed by atoms with Crippen LogP contribution in [0, 0.1) is 13.8 Å². The van der Waals surface area contributed by atoms with Crippen LogP contribution in [0.4, 0.5) is 0 Å². The van der Waals surface area contributed by atoms with E-state index >= 15 is 0 Å². The molecule has 0 fully saturated rings. The summed E-state index contributed by atoms with van der Waals surface area (Å²) in [6.07, 6.45) is 0.894. The lowest BCUT2D eigenvalue weighted by molar-refractivity contribution is 0.0669. The molecule has 0 spiro atoms. The summed E-state index contributed by atoms with van der Waals surface area (Å²) in [5, 5.41) is 2.93. The van der Waals surface area contributed by atoms with Gasteiger partial charge >= 0.3 is 0 Å². The molecule has 0 saturated heterocycles. The van der Waals surface area contributed by atoms with Crippen molar-refractivity contribution in [2.45, 2.75) is 53.3 Å². The third-order valence-corrected chi connectivity index (χ3v) is 5.76. The molecule has 0 bridgehead atoms. The van der Waals surface area contributed by atoms with E-state index in [4.69, 9.17) is 9.72 Å². The maximum atomic E-state index is 13.0. The van der Waals surface area contributed by atoms with E-state index in [1.54, 1.807) is 11.3 Å². The highest BCUT2D eigenvalue weighted by atomic mass is 32.1. The van der Waals surface area contributed by atoms with Crippen molar-refractivity contribution < 1.29 is 9.53 Å². The number of aryl methyl sites for hydroxylation is 2. The highest BCUT2D eigenvalue weighted by Crippen LogP contribution is 2.21. The highest BCUT2D eigenvalue weighted by molar-refractivity contribution is 7.09. The Labute approximate surface area is 177 Å². The Morgan fingerprint density at radius 1 is 1.14 bits per heavy atom. The lowest BCUT2D eigenvalue weighted by atomic mass is 10.1. The first-order valence-electron chi connectivity index (χ1n) is 9.96. The molecule has 3 rings (SSSR count). The SMILES string of the molecule is CC[C@H](C)N(Cc1csc(COc2cc(C)cc(C)c2)n1)C(=O)c1ccccc1. The van der Waals surface area contributed by atoms with Crippen molar-refractivity contribution in [3.63, 3.8) is 0 Å². The van der Waals surface area contributed by atoms with Crippen LogP contribution in [0.25, 0.3) is 0 Å². The van der Waals surface area contributed by atoms with Gasteiger partial charge in [-0.05, 0) is 62.6 Å². The number of thiazole rings is 1. The van der Waals surface area contributed by atoms with Crippen molar-refractivity contribution in [1.82, 2.24) is 9.88 Å². The third-order valence-electron chi connectivity index (χ3n) is 4.89. The van der Waals surface area contributed by atoms with E-state index in [0.717, 1.165) is 22.9 Å². The van der Waals surface area contributed by atoms with Crippen molar-refractivity contribution in [2.75, 3.05) is 0 Å². The molecule has 1 atom stereocenters. The molecule has 0 radical (unpaired) electrons. The summed E-state index contributed by atoms with van der Waals surface area (Å²) in [4.78, 5) is 19.6. The Bertz CT molecular complexity index is 932. The second kappa shape index (κ2) is 9.70. The molecule has 0 aliphatic rings. The van der Waals surface area contributed by atoms with Crippen LogP contribution in [0.1, 0.15) is 52.5 Å². The number of benzene rings is 2. The van der Waals surface area contributed by atoms with E-state index in [-0.39, 0.29) is 11.9 Å². The topological polar surface area (TPSA) is 42.4 Å². The standard InChI is InChI=1S/C24H28N2O2S/c1-5-19(4)26(24(27)20-9-7-6-8-10-20)14-21-16-29-23(25-21)15-28-22-12-17(2)11-18(3)13-22/h6-13,16,19H,5,14-15H2,1-4H3/t19-/m0/s1. The van der Waals surface area contributed by atoms with Crippen molar-refractivity contribution in [3.05, 3.63) is 81.3 Å². The molecular formula is C24H28N2O2S. The first kappa shape index (κ1) is 21.1. The molecule has 0 aliphatic carbocycles. The van der Waals surface area contributed by atoms with Crippen LogP contribution >= 0.6 is 11.3 Å². The number of hydrogen-bond acceptors (Lipinski definition) is 4. The number of carbonyl (C=O) groups excluding carboxylic acids is 1. The van der Waals surface area contributed by atoms with Crippen LogP contribution in [0.2, 0.25) is 0 Å². The zero-order valence-corrected chi connectivity index (χ0v) is 18.3. The fraction of sp³-hybridized carbons (Fsp3) is 0.333. The van der Waals surface area contributed by atoms with E-state index in [1.165, 1.54) is 11.1 Å². The van der Waals surface area contributed by atoms with Gasteiger partial charge in [0.05, 0.1) is 12.2 Å². The van der Waals surface area contributed by atoms with Gasteiger partial charge in [0.2, 0.25) is 0 Å².